The summed E-state index contributed by atoms with van der Waals surface area (Å²) >= 11 is 0. The Morgan fingerprint density at radius 2 is 1.35 bits per heavy atom. The van der Waals surface area contributed by atoms with E-state index in [1.807, 2.05) is 26.0 Å². The number of carboxylic acids is 1. The minimum absolute atomic E-state index is 0.217. The summed E-state index contributed by atoms with van der Waals surface area (Å²) in [5.41, 5.74) is 8.23. The second-order valence-electron chi connectivity index (χ2n) is 9.26. The van der Waals surface area contributed by atoms with Crippen molar-refractivity contribution in [2.45, 2.75) is 123 Å². The van der Waals surface area contributed by atoms with Crippen LogP contribution in [0.3, 0.4) is 0 Å². The summed E-state index contributed by atoms with van der Waals surface area (Å²) in [5.74, 6) is -0.664. The molecule has 0 aliphatic rings. The number of carbonyl (C=O) groups is 1. The monoisotopic (exact) mass is 431 g/mol. The topological polar surface area (TPSA) is 63.3 Å². The summed E-state index contributed by atoms with van der Waals surface area (Å²) < 4.78 is 0. The Kier molecular flexibility index (Phi) is 18.1. The van der Waals surface area contributed by atoms with Crippen molar-refractivity contribution in [2.24, 2.45) is 5.73 Å². The highest BCUT2D eigenvalue weighted by Crippen LogP contribution is 2.19. The maximum Gasteiger partial charge on any atom is 0.303 e. The van der Waals surface area contributed by atoms with Gasteiger partial charge >= 0.3 is 5.97 Å². The summed E-state index contributed by atoms with van der Waals surface area (Å²) in [4.78, 5) is 10.3. The average molecular weight is 432 g/mol. The molecule has 0 bridgehead atoms. The lowest BCUT2D eigenvalue weighted by Gasteiger charge is -2.21. The third-order valence-corrected chi connectivity index (χ3v) is 5.49. The van der Waals surface area contributed by atoms with Crippen LogP contribution < -0.4 is 5.73 Å². The van der Waals surface area contributed by atoms with Gasteiger partial charge in [-0.25, -0.2) is 0 Å². The first-order valence-corrected chi connectivity index (χ1v) is 12.5. The normalized spacial score (nSPS) is 11.4. The first-order valence-electron chi connectivity index (χ1n) is 12.5. The molecule has 0 amide bonds. The van der Waals surface area contributed by atoms with Gasteiger partial charge in [0.2, 0.25) is 0 Å². The molecule has 3 N–H and O–H groups in total. The number of aryl methyl sites for hydroxylation is 1. The summed E-state index contributed by atoms with van der Waals surface area (Å²) in [5, 5.41) is 8.51. The number of hydrogen-bond acceptors (Lipinski definition) is 2. The van der Waals surface area contributed by atoms with Crippen LogP contribution in [0.4, 0.5) is 0 Å². The molecule has 0 heterocycles. The average Bonchev–Trinajstić information content (AvgIpc) is 2.70. The van der Waals surface area contributed by atoms with Crippen LogP contribution in [0.5, 0.6) is 0 Å². The number of carboxylic acid groups (broad SMARTS) is 1. The van der Waals surface area contributed by atoms with Crippen molar-refractivity contribution >= 4 is 5.97 Å². The van der Waals surface area contributed by atoms with E-state index in [0.717, 1.165) is 12.8 Å². The number of benzene rings is 1. The van der Waals surface area contributed by atoms with Crippen LogP contribution in [-0.2, 0) is 10.3 Å². The fraction of sp³-hybridized carbons (Fsp3) is 0.679. The molecule has 0 fully saturated rings. The van der Waals surface area contributed by atoms with Gasteiger partial charge in [0, 0.05) is 12.0 Å². The molecule has 1 aromatic rings. The van der Waals surface area contributed by atoms with Gasteiger partial charge in [0.05, 0.1) is 0 Å². The van der Waals surface area contributed by atoms with Gasteiger partial charge in [-0.3, -0.25) is 4.79 Å². The molecular weight excluding hydrogens is 382 g/mol. The summed E-state index contributed by atoms with van der Waals surface area (Å²) in [6, 6.07) is 8.22. The number of hydrogen-bond donors (Lipinski definition) is 2. The maximum absolute atomic E-state index is 10.3. The highest BCUT2D eigenvalue weighted by atomic mass is 16.4. The quantitative estimate of drug-likeness (QED) is 0.204. The van der Waals surface area contributed by atoms with Crippen LogP contribution in [0.1, 0.15) is 122 Å². The molecule has 0 atom stereocenters. The molecule has 0 unspecified atom stereocenters. The molecule has 3 heteroatoms. The van der Waals surface area contributed by atoms with Gasteiger partial charge < -0.3 is 10.8 Å². The fourth-order valence-corrected chi connectivity index (χ4v) is 3.64. The molecule has 0 radical (unpaired) electrons. The Morgan fingerprint density at radius 1 is 0.871 bits per heavy atom. The van der Waals surface area contributed by atoms with E-state index in [0.29, 0.717) is 6.42 Å². The predicted molar refractivity (Wildman–Crippen MR) is 135 cm³/mol. The van der Waals surface area contributed by atoms with Gasteiger partial charge in [0.1, 0.15) is 0 Å². The minimum Gasteiger partial charge on any atom is -0.481 e. The van der Waals surface area contributed by atoms with Crippen molar-refractivity contribution in [3.8, 4) is 0 Å². The van der Waals surface area contributed by atoms with E-state index < -0.39 is 5.97 Å². The lowest BCUT2D eigenvalue weighted by atomic mass is 9.92. The summed E-state index contributed by atoms with van der Waals surface area (Å²) in [7, 11) is 0. The van der Waals surface area contributed by atoms with Gasteiger partial charge in [0.25, 0.3) is 0 Å². The molecule has 1 aromatic carbocycles. The van der Waals surface area contributed by atoms with Crippen LogP contribution >= 0.6 is 0 Å². The lowest BCUT2D eigenvalue weighted by Crippen LogP contribution is -2.29. The molecule has 0 saturated heterocycles. The summed E-state index contributed by atoms with van der Waals surface area (Å²) in [6.07, 6.45) is 21.2. The fourth-order valence-electron chi connectivity index (χ4n) is 3.64. The van der Waals surface area contributed by atoms with Gasteiger partial charge in [0.15, 0.2) is 0 Å². The van der Waals surface area contributed by atoms with Crippen LogP contribution in [0, 0.1) is 6.92 Å². The third-order valence-electron chi connectivity index (χ3n) is 5.49. The zero-order valence-corrected chi connectivity index (χ0v) is 20.8. The molecule has 1 rings (SSSR count). The second-order valence-corrected chi connectivity index (χ2v) is 9.26. The van der Waals surface area contributed by atoms with Gasteiger partial charge in [-0.15, -0.1) is 0 Å². The van der Waals surface area contributed by atoms with E-state index in [9.17, 15) is 4.79 Å². The number of allylic oxidation sites excluding steroid dienone is 2. The van der Waals surface area contributed by atoms with E-state index in [-0.39, 0.29) is 5.54 Å². The van der Waals surface area contributed by atoms with Crippen LogP contribution in [0.2, 0.25) is 0 Å². The van der Waals surface area contributed by atoms with Crippen LogP contribution in [0.15, 0.2) is 36.4 Å². The van der Waals surface area contributed by atoms with E-state index in [1.165, 1.54) is 81.8 Å². The molecule has 0 aromatic heterocycles. The molecule has 0 spiro atoms. The molecular formula is C28H49NO2. The third kappa shape index (κ3) is 18.8. The molecule has 0 saturated carbocycles. The molecule has 0 aliphatic heterocycles. The number of rotatable bonds is 16. The van der Waals surface area contributed by atoms with E-state index in [4.69, 9.17) is 10.8 Å². The van der Waals surface area contributed by atoms with E-state index in [1.54, 1.807) is 0 Å². The van der Waals surface area contributed by atoms with Crippen molar-refractivity contribution in [2.75, 3.05) is 0 Å². The van der Waals surface area contributed by atoms with Gasteiger partial charge in [-0.2, -0.15) is 0 Å². The van der Waals surface area contributed by atoms with E-state index in [2.05, 4.69) is 38.1 Å². The Bertz CT molecular complexity index is 587. The summed E-state index contributed by atoms with van der Waals surface area (Å²) in [6.45, 7) is 8.39. The predicted octanol–water partition coefficient (Wildman–Crippen LogP) is 8.30. The van der Waals surface area contributed by atoms with Crippen molar-refractivity contribution in [1.82, 2.24) is 0 Å². The Labute approximate surface area is 192 Å². The molecule has 178 valence electrons. The maximum atomic E-state index is 10.3. The van der Waals surface area contributed by atoms with E-state index >= 15 is 0 Å². The van der Waals surface area contributed by atoms with Crippen LogP contribution in [0.25, 0.3) is 0 Å². The van der Waals surface area contributed by atoms with Gasteiger partial charge in [-0.1, -0.05) is 94.7 Å². The first-order chi connectivity index (χ1) is 14.8. The van der Waals surface area contributed by atoms with Crippen molar-refractivity contribution in [3.05, 3.63) is 47.5 Å². The Morgan fingerprint density at radius 3 is 1.81 bits per heavy atom. The first kappa shape index (κ1) is 29.4. The number of aliphatic carboxylic acids is 1. The Hall–Kier alpha value is -1.61. The number of nitrogens with two attached hydrogens (primary N) is 1. The highest BCUT2D eigenvalue weighted by molar-refractivity contribution is 5.66. The lowest BCUT2D eigenvalue weighted by molar-refractivity contribution is -0.137. The second kappa shape index (κ2) is 19.1. The smallest absolute Gasteiger partial charge is 0.303 e. The number of unbranched alkanes of at least 4 members (excludes halogenated alkanes) is 11. The zero-order chi connectivity index (χ0) is 23.4. The zero-order valence-electron chi connectivity index (χ0n) is 20.8. The standard InChI is InChI=1S/C18H34O2.C10H15N/c1-2-3-4-5-6-7-8-9-10-11-12-13-14-15-16-17-18(19)20;1-8-6-4-5-7-9(8)10(2,3)11/h9-10H,2-8,11-17H2,1H3,(H,19,20);4-7H,11H2,1-3H3. The molecule has 31 heavy (non-hydrogen) atoms. The SMILES string of the molecule is CCCCCCCCC=CCCCCCCCC(=O)O.Cc1ccccc1C(C)(C)N. The van der Waals surface area contributed by atoms with Crippen molar-refractivity contribution in [3.63, 3.8) is 0 Å². The largest absolute Gasteiger partial charge is 0.481 e. The Balaban J connectivity index is 0.000000683. The minimum atomic E-state index is -0.664. The van der Waals surface area contributed by atoms with Gasteiger partial charge in [-0.05, 0) is 64.0 Å². The molecule has 0 aliphatic carbocycles. The van der Waals surface area contributed by atoms with Crippen molar-refractivity contribution < 1.29 is 9.90 Å². The molecule has 3 nitrogen and oxygen atoms in total. The highest BCUT2D eigenvalue weighted by Gasteiger charge is 2.14. The van der Waals surface area contributed by atoms with Crippen molar-refractivity contribution in [1.29, 1.82) is 0 Å². The van der Waals surface area contributed by atoms with Crippen LogP contribution in [-0.4, -0.2) is 11.1 Å².